The molecule has 2 atom stereocenters. The highest BCUT2D eigenvalue weighted by molar-refractivity contribution is 6.35. The Bertz CT molecular complexity index is 2350. The monoisotopic (exact) mass is 793 g/mol. The number of carbonyl (C=O) groups excluding carboxylic acids is 5. The van der Waals surface area contributed by atoms with Gasteiger partial charge >= 0.3 is 0 Å². The van der Waals surface area contributed by atoms with Crippen LogP contribution in [-0.4, -0.2) is 67.6 Å². The number of amides is 5. The van der Waals surface area contributed by atoms with Crippen LogP contribution in [0, 0.1) is 17.2 Å². The minimum atomic E-state index is -1.36. The van der Waals surface area contributed by atoms with Crippen LogP contribution < -0.4 is 21.3 Å². The number of carbonyl (C=O) groups is 5. The van der Waals surface area contributed by atoms with Gasteiger partial charge in [0.25, 0.3) is 17.7 Å². The summed E-state index contributed by atoms with van der Waals surface area (Å²) < 4.78 is 1.58. The van der Waals surface area contributed by atoms with Gasteiger partial charge in [-0.15, -0.1) is 0 Å². The fraction of sp³-hybridized carbons (Fsp3) is 0.350. The molecule has 2 aliphatic heterocycles. The number of nitrogens with one attached hydrogen (secondary N) is 2. The normalized spacial score (nSPS) is 21.5. The van der Waals surface area contributed by atoms with Crippen LogP contribution in [0.3, 0.4) is 0 Å². The number of piperidine rings is 1. The standard InChI is InChI=1S/C40H37Cl2N9O5/c1-38(19-23-7-9-24(20-43)10-8-23)36(56)50(28-17-26(41)16-27(42)18-28)37-45-21-30(51(37)38)33(53)47-40(13-14-40)35(55)48-39(11-12-39)31-6-2-5-29(46-31)34(54)49-15-3-4-25(22-49)32(44)52/h2,5-10,16-18,21,25H,3-4,11-15,19,22H2,1H3,(H2,44,52)(H,47,53)(H,48,55)/t25?,38-/m1/s1. The van der Waals surface area contributed by atoms with Crippen molar-refractivity contribution in [3.05, 3.63) is 105 Å². The number of imidazole rings is 1. The van der Waals surface area contributed by atoms with Gasteiger partial charge in [0, 0.05) is 29.6 Å². The summed E-state index contributed by atoms with van der Waals surface area (Å²) in [4.78, 5) is 80.1. The van der Waals surface area contributed by atoms with Gasteiger partial charge in [0.05, 0.1) is 40.7 Å². The molecule has 0 bridgehead atoms. The highest BCUT2D eigenvalue weighted by Gasteiger charge is 2.57. The molecule has 2 aromatic heterocycles. The Hall–Kier alpha value is -5.78. The molecule has 4 N–H and O–H groups in total. The van der Waals surface area contributed by atoms with Gasteiger partial charge in [-0.3, -0.25) is 28.5 Å². The lowest BCUT2D eigenvalue weighted by molar-refractivity contribution is -0.125. The summed E-state index contributed by atoms with van der Waals surface area (Å²) in [5.41, 5.74) is 4.54. The minimum absolute atomic E-state index is 0.0736. The first-order valence-electron chi connectivity index (χ1n) is 18.4. The van der Waals surface area contributed by atoms with Crippen LogP contribution in [0.1, 0.15) is 83.2 Å². The van der Waals surface area contributed by atoms with E-state index in [2.05, 4.69) is 26.7 Å². The maximum absolute atomic E-state index is 14.5. The van der Waals surface area contributed by atoms with Crippen molar-refractivity contribution in [2.45, 2.75) is 68.5 Å². The SMILES string of the molecule is C[C@@]1(Cc2ccc(C#N)cc2)C(=O)N(c2cc(Cl)cc(Cl)c2)c2ncc(C(=O)NC3(C(=O)NC4(c5cccc(C(=O)N6CCCC(C(N)=O)C6)n5)CC4)CC3)n21. The molecule has 4 aliphatic rings. The third-order valence-electron chi connectivity index (χ3n) is 11.3. The van der Waals surface area contributed by atoms with Crippen molar-refractivity contribution in [2.75, 3.05) is 18.0 Å². The zero-order chi connectivity index (χ0) is 39.6. The number of anilines is 2. The van der Waals surface area contributed by atoms with Crippen molar-refractivity contribution in [2.24, 2.45) is 11.7 Å². The average Bonchev–Trinajstić information content (AvgIpc) is 4.09. The van der Waals surface area contributed by atoms with Crippen LogP contribution in [0.25, 0.3) is 0 Å². The summed E-state index contributed by atoms with van der Waals surface area (Å²) >= 11 is 12.7. The minimum Gasteiger partial charge on any atom is -0.369 e. The Balaban J connectivity index is 1.04. The fourth-order valence-electron chi connectivity index (χ4n) is 7.82. The Kier molecular flexibility index (Phi) is 9.13. The molecule has 0 spiro atoms. The molecular weight excluding hydrogens is 757 g/mol. The van der Waals surface area contributed by atoms with Gasteiger partial charge in [0.15, 0.2) is 0 Å². The van der Waals surface area contributed by atoms with Crippen molar-refractivity contribution in [3.8, 4) is 6.07 Å². The number of hydrogen-bond donors (Lipinski definition) is 3. The van der Waals surface area contributed by atoms with Gasteiger partial charge in [0.1, 0.15) is 22.5 Å². The molecule has 16 heteroatoms. The fourth-order valence-corrected chi connectivity index (χ4v) is 8.34. The lowest BCUT2D eigenvalue weighted by Crippen LogP contribution is -2.52. The Morgan fingerprint density at radius 2 is 1.71 bits per heavy atom. The Morgan fingerprint density at radius 3 is 2.36 bits per heavy atom. The van der Waals surface area contributed by atoms with Gasteiger partial charge in [-0.05, 0) is 93.5 Å². The van der Waals surface area contributed by atoms with E-state index in [-0.39, 0.29) is 48.0 Å². The van der Waals surface area contributed by atoms with Crippen LogP contribution in [0.4, 0.5) is 11.6 Å². The lowest BCUT2D eigenvalue weighted by atomic mass is 9.91. The van der Waals surface area contributed by atoms with Crippen molar-refractivity contribution >= 4 is 64.4 Å². The topological polar surface area (TPSA) is 196 Å². The first kappa shape index (κ1) is 37.2. The van der Waals surface area contributed by atoms with Crippen molar-refractivity contribution in [3.63, 3.8) is 0 Å². The third kappa shape index (κ3) is 6.54. The molecule has 3 fully saturated rings. The molecule has 0 radical (unpaired) electrons. The van der Waals surface area contributed by atoms with E-state index in [0.717, 1.165) is 5.56 Å². The number of benzene rings is 2. The Morgan fingerprint density at radius 1 is 1.00 bits per heavy atom. The van der Waals surface area contributed by atoms with Gasteiger partial charge in [-0.25, -0.2) is 14.9 Å². The van der Waals surface area contributed by atoms with E-state index in [1.165, 1.54) is 11.1 Å². The van der Waals surface area contributed by atoms with E-state index in [9.17, 15) is 29.2 Å². The molecule has 2 saturated carbocycles. The molecule has 14 nitrogen and oxygen atoms in total. The van der Waals surface area contributed by atoms with E-state index in [1.54, 1.807) is 77.1 Å². The van der Waals surface area contributed by atoms with Crippen LogP contribution in [0.15, 0.2) is 66.9 Å². The number of halogens is 2. The highest BCUT2D eigenvalue weighted by atomic mass is 35.5. The molecule has 8 rings (SSSR count). The van der Waals surface area contributed by atoms with Gasteiger partial charge < -0.3 is 21.3 Å². The number of rotatable bonds is 10. The molecule has 2 aliphatic carbocycles. The van der Waals surface area contributed by atoms with E-state index in [1.807, 2.05) is 0 Å². The number of nitriles is 1. The lowest BCUT2D eigenvalue weighted by Gasteiger charge is -2.31. The van der Waals surface area contributed by atoms with Crippen molar-refractivity contribution in [1.82, 2.24) is 30.1 Å². The maximum atomic E-state index is 14.5. The second-order valence-corrected chi connectivity index (χ2v) is 16.2. The quantitative estimate of drug-likeness (QED) is 0.209. The molecule has 1 saturated heterocycles. The van der Waals surface area contributed by atoms with E-state index >= 15 is 0 Å². The maximum Gasteiger partial charge on any atom is 0.272 e. The van der Waals surface area contributed by atoms with Gasteiger partial charge in [0.2, 0.25) is 17.8 Å². The summed E-state index contributed by atoms with van der Waals surface area (Å²) in [7, 11) is 0. The summed E-state index contributed by atoms with van der Waals surface area (Å²) in [6.45, 7) is 2.44. The highest BCUT2D eigenvalue weighted by Crippen LogP contribution is 2.48. The first-order chi connectivity index (χ1) is 26.8. The summed E-state index contributed by atoms with van der Waals surface area (Å²) in [6.07, 6.45) is 4.79. The summed E-state index contributed by atoms with van der Waals surface area (Å²) in [5, 5.41) is 16.0. The third-order valence-corrected chi connectivity index (χ3v) is 11.7. The largest absolute Gasteiger partial charge is 0.369 e. The van der Waals surface area contributed by atoms with Gasteiger partial charge in [-0.1, -0.05) is 41.4 Å². The number of hydrogen-bond acceptors (Lipinski definition) is 8. The zero-order valence-electron chi connectivity index (χ0n) is 30.3. The molecule has 4 heterocycles. The van der Waals surface area contributed by atoms with Crippen LogP contribution >= 0.6 is 23.2 Å². The van der Waals surface area contributed by atoms with Crippen molar-refractivity contribution in [1.29, 1.82) is 5.26 Å². The van der Waals surface area contributed by atoms with E-state index in [0.29, 0.717) is 72.1 Å². The summed E-state index contributed by atoms with van der Waals surface area (Å²) in [6, 6.07) is 18.8. The van der Waals surface area contributed by atoms with E-state index < -0.39 is 34.3 Å². The van der Waals surface area contributed by atoms with Crippen molar-refractivity contribution < 1.29 is 24.0 Å². The molecule has 56 heavy (non-hydrogen) atoms. The number of pyridine rings is 1. The average molecular weight is 795 g/mol. The second kappa shape index (κ2) is 13.8. The second-order valence-electron chi connectivity index (χ2n) is 15.3. The van der Waals surface area contributed by atoms with Crippen LogP contribution in [0.5, 0.6) is 0 Å². The zero-order valence-corrected chi connectivity index (χ0v) is 31.9. The summed E-state index contributed by atoms with van der Waals surface area (Å²) in [5.74, 6) is -2.32. The number of nitrogens with zero attached hydrogens (tertiary/aromatic N) is 6. The molecule has 4 aromatic rings. The molecular formula is C40H37Cl2N9O5. The molecule has 286 valence electrons. The number of fused-ring (bicyclic) bond motifs is 1. The predicted octanol–water partition coefficient (Wildman–Crippen LogP) is 4.50. The molecule has 2 aromatic carbocycles. The molecule has 1 unspecified atom stereocenters. The first-order valence-corrected chi connectivity index (χ1v) is 19.1. The number of likely N-dealkylation sites (tertiary alicyclic amines) is 1. The van der Waals surface area contributed by atoms with E-state index in [4.69, 9.17) is 28.9 Å². The Labute approximate surface area is 332 Å². The molecule has 5 amide bonds. The van der Waals surface area contributed by atoms with Gasteiger partial charge in [-0.2, -0.15) is 5.26 Å². The number of aromatic nitrogens is 3. The smallest absolute Gasteiger partial charge is 0.272 e. The predicted molar refractivity (Wildman–Crippen MR) is 205 cm³/mol. The van der Waals surface area contributed by atoms with Crippen LogP contribution in [-0.2, 0) is 31.9 Å². The van der Waals surface area contributed by atoms with Crippen LogP contribution in [0.2, 0.25) is 10.0 Å². The number of primary amides is 1. The number of nitrogens with two attached hydrogens (primary N) is 1.